The molecule has 0 aromatic heterocycles. The molecule has 2 aliphatic heterocycles. The average Bonchev–Trinajstić information content (AvgIpc) is 3.11. The summed E-state index contributed by atoms with van der Waals surface area (Å²) < 4.78 is 23.1. The summed E-state index contributed by atoms with van der Waals surface area (Å²) in [6.07, 6.45) is -9.31. The molecule has 0 aromatic rings. The van der Waals surface area contributed by atoms with Gasteiger partial charge in [0.1, 0.15) is 24.4 Å². The zero-order chi connectivity index (χ0) is 42.9. The molecule has 2 heterocycles. The number of ether oxygens (including phenoxy) is 4. The van der Waals surface area contributed by atoms with Crippen LogP contribution < -0.4 is 0 Å². The van der Waals surface area contributed by atoms with Crippen molar-refractivity contribution in [3.05, 3.63) is 11.6 Å². The maximum Gasteiger partial charge on any atom is 0.335 e. The van der Waals surface area contributed by atoms with Crippen LogP contribution in [0.1, 0.15) is 113 Å². The Labute approximate surface area is 337 Å². The average molecular weight is 823 g/mol. The van der Waals surface area contributed by atoms with Crippen molar-refractivity contribution in [1.29, 1.82) is 0 Å². The summed E-state index contributed by atoms with van der Waals surface area (Å²) in [4.78, 5) is 51.3. The fourth-order valence-electron chi connectivity index (χ4n) is 13.4. The van der Waals surface area contributed by atoms with Crippen LogP contribution in [0.15, 0.2) is 11.6 Å². The molecule has 8 N–H and O–H groups in total. The number of carboxylic acid groups (broad SMARTS) is 3. The molecular weight excluding hydrogens is 760 g/mol. The Hall–Kier alpha value is -2.54. The molecule has 4 unspecified atom stereocenters. The van der Waals surface area contributed by atoms with Gasteiger partial charge < -0.3 is 59.8 Å². The molecule has 16 heteroatoms. The van der Waals surface area contributed by atoms with Crippen molar-refractivity contribution >= 4 is 23.7 Å². The zero-order valence-electron chi connectivity index (χ0n) is 34.4. The number of carboxylic acids is 3. The van der Waals surface area contributed by atoms with Crippen molar-refractivity contribution in [2.24, 2.45) is 50.2 Å². The molecule has 0 bridgehead atoms. The normalized spacial score (nSPS) is 52.6. The Balaban J connectivity index is 1.18. The van der Waals surface area contributed by atoms with Gasteiger partial charge in [-0.3, -0.25) is 9.59 Å². The molecule has 4 saturated carbocycles. The highest BCUT2D eigenvalue weighted by atomic mass is 16.8. The van der Waals surface area contributed by atoms with Crippen molar-refractivity contribution in [1.82, 2.24) is 0 Å². The van der Waals surface area contributed by atoms with Crippen LogP contribution >= 0.6 is 0 Å². The van der Waals surface area contributed by atoms with Gasteiger partial charge in [-0.25, -0.2) is 9.59 Å². The van der Waals surface area contributed by atoms with Gasteiger partial charge in [0.25, 0.3) is 5.97 Å². The van der Waals surface area contributed by atoms with Gasteiger partial charge in [0, 0.05) is 5.92 Å². The molecule has 0 aromatic carbocycles. The van der Waals surface area contributed by atoms with Crippen LogP contribution in [0.4, 0.5) is 0 Å². The van der Waals surface area contributed by atoms with Gasteiger partial charge in [0.2, 0.25) is 0 Å². The summed E-state index contributed by atoms with van der Waals surface area (Å²) in [6.45, 7) is 14.8. The number of aliphatic hydroxyl groups is 5. The molecule has 5 aliphatic carbocycles. The molecule has 0 radical (unpaired) electrons. The Morgan fingerprint density at radius 2 is 1.41 bits per heavy atom. The monoisotopic (exact) mass is 822 g/mol. The van der Waals surface area contributed by atoms with E-state index in [-0.39, 0.29) is 34.4 Å². The fraction of sp³-hybridized carbons (Fsp3) is 0.857. The molecule has 58 heavy (non-hydrogen) atoms. The van der Waals surface area contributed by atoms with Gasteiger partial charge in [0.05, 0.1) is 24.0 Å². The van der Waals surface area contributed by atoms with E-state index in [4.69, 9.17) is 18.9 Å². The van der Waals surface area contributed by atoms with E-state index in [1.165, 1.54) is 0 Å². The van der Waals surface area contributed by atoms with E-state index < -0.39 is 107 Å². The smallest absolute Gasteiger partial charge is 0.335 e. The molecule has 6 fully saturated rings. The van der Waals surface area contributed by atoms with Crippen molar-refractivity contribution in [3.8, 4) is 0 Å². The third-order valence-corrected chi connectivity index (χ3v) is 17.2. The highest BCUT2D eigenvalue weighted by Gasteiger charge is 2.71. The van der Waals surface area contributed by atoms with E-state index in [2.05, 4.69) is 27.7 Å². The summed E-state index contributed by atoms with van der Waals surface area (Å²) in [6, 6.07) is 0. The minimum absolute atomic E-state index is 0.0245. The first-order chi connectivity index (χ1) is 26.7. The van der Waals surface area contributed by atoms with Gasteiger partial charge >= 0.3 is 17.9 Å². The topological polar surface area (TPSA) is 267 Å². The standard InChI is InChI=1S/C42H62O16/c1-36(2)23-8-11-41(7)31(21(43)16-19-20-17-38(4,35(52)53)13-12-37(20,3)14-15-40(19,41)6)39(23,5)10-9-24(36)55-34-30(27(47)26(46)28(56-34)32(48)49)58-42(54)18-22(44)25(45)29(57-42)33(50)51/h16,20,22-31,34,44-47,54H,8-15,17-18H2,1-7H3,(H,48,49)(H,50,51)(H,52,53)/t20-,22-,23-,24-,25-,26-,27+,28?,29?,30?,31+,34-,37+,38-,39-,40+,41+,42?/m0/s1. The summed E-state index contributed by atoms with van der Waals surface area (Å²) in [5.74, 6) is -7.50. The third kappa shape index (κ3) is 6.33. The van der Waals surface area contributed by atoms with Gasteiger partial charge in [-0.1, -0.05) is 47.1 Å². The lowest BCUT2D eigenvalue weighted by Gasteiger charge is -2.70. The van der Waals surface area contributed by atoms with E-state index in [0.717, 1.165) is 31.3 Å². The van der Waals surface area contributed by atoms with E-state index in [9.17, 15) is 60.0 Å². The van der Waals surface area contributed by atoms with Crippen molar-refractivity contribution < 1.29 is 79.0 Å². The molecule has 326 valence electrons. The first-order valence-corrected chi connectivity index (χ1v) is 20.7. The second-order valence-electron chi connectivity index (χ2n) is 20.7. The Morgan fingerprint density at radius 1 is 0.776 bits per heavy atom. The second-order valence-corrected chi connectivity index (χ2v) is 20.7. The number of hydrogen-bond acceptors (Lipinski definition) is 13. The quantitative estimate of drug-likeness (QED) is 0.135. The number of aliphatic carboxylic acids is 3. The predicted molar refractivity (Wildman–Crippen MR) is 199 cm³/mol. The molecule has 18 atom stereocenters. The lowest BCUT2D eigenvalue weighted by atomic mass is 9.33. The van der Waals surface area contributed by atoms with Crippen molar-refractivity contribution in [3.63, 3.8) is 0 Å². The minimum atomic E-state index is -2.94. The molecule has 0 amide bonds. The number of fused-ring (bicyclic) bond motifs is 7. The first kappa shape index (κ1) is 43.5. The van der Waals surface area contributed by atoms with E-state index >= 15 is 0 Å². The van der Waals surface area contributed by atoms with Crippen LogP contribution in [-0.2, 0) is 38.1 Å². The molecule has 16 nitrogen and oxygen atoms in total. The summed E-state index contributed by atoms with van der Waals surface area (Å²) >= 11 is 0. The SMILES string of the molecule is CC1(C)[C@@H](O[C@H]2OC(C(=O)O)[C@@H](O)[C@@H](O)C2OC2(O)C[C@H](O)[C@H](O)C(C(=O)O)O2)CC[C@]2(C)[C@H]3C(=O)C=C4[C@@H]5C[C@@](C)(C(=O)O)CC[C@]5(C)CC[C@@]4(C)[C@]3(C)CC[C@@H]12. The summed E-state index contributed by atoms with van der Waals surface area (Å²) in [7, 11) is 0. The van der Waals surface area contributed by atoms with E-state index in [0.29, 0.717) is 32.1 Å². The molecular formula is C42H62O16. The highest BCUT2D eigenvalue weighted by Crippen LogP contribution is 2.75. The van der Waals surface area contributed by atoms with Crippen LogP contribution in [0, 0.1) is 50.2 Å². The minimum Gasteiger partial charge on any atom is -0.481 e. The van der Waals surface area contributed by atoms with Crippen LogP contribution in [0.25, 0.3) is 0 Å². The number of ketones is 1. The zero-order valence-corrected chi connectivity index (χ0v) is 34.4. The maximum absolute atomic E-state index is 14.8. The summed E-state index contributed by atoms with van der Waals surface area (Å²) in [5.41, 5.74) is -1.85. The largest absolute Gasteiger partial charge is 0.481 e. The van der Waals surface area contributed by atoms with Gasteiger partial charge in [-0.15, -0.1) is 0 Å². The van der Waals surface area contributed by atoms with Crippen LogP contribution in [0.2, 0.25) is 0 Å². The highest BCUT2D eigenvalue weighted by molar-refractivity contribution is 5.95. The molecule has 7 rings (SSSR count). The summed E-state index contributed by atoms with van der Waals surface area (Å²) in [5, 5.41) is 83.5. The van der Waals surface area contributed by atoms with Gasteiger partial charge in [0.15, 0.2) is 24.3 Å². The first-order valence-electron chi connectivity index (χ1n) is 20.7. The lowest BCUT2D eigenvalue weighted by Crippen LogP contribution is -2.68. The predicted octanol–water partition coefficient (Wildman–Crippen LogP) is 2.59. The van der Waals surface area contributed by atoms with Crippen molar-refractivity contribution in [2.45, 2.75) is 174 Å². The second kappa shape index (κ2) is 14.0. The van der Waals surface area contributed by atoms with Gasteiger partial charge in [-0.2, -0.15) is 0 Å². The molecule has 7 aliphatic rings. The number of carbonyl (C=O) groups excluding carboxylic acids is 1. The number of rotatable bonds is 7. The van der Waals surface area contributed by atoms with E-state index in [1.54, 1.807) is 0 Å². The fourth-order valence-corrected chi connectivity index (χ4v) is 13.4. The Kier molecular flexibility index (Phi) is 10.5. The third-order valence-electron chi connectivity index (χ3n) is 17.2. The van der Waals surface area contributed by atoms with E-state index in [1.807, 2.05) is 26.8 Å². The van der Waals surface area contributed by atoms with Crippen LogP contribution in [0.3, 0.4) is 0 Å². The molecule has 2 saturated heterocycles. The molecule has 0 spiro atoms. The number of hydrogen-bond donors (Lipinski definition) is 8. The van der Waals surface area contributed by atoms with Crippen LogP contribution in [0.5, 0.6) is 0 Å². The maximum atomic E-state index is 14.8. The van der Waals surface area contributed by atoms with Crippen LogP contribution in [-0.4, -0.2) is 126 Å². The lowest BCUT2D eigenvalue weighted by molar-refractivity contribution is -0.449. The van der Waals surface area contributed by atoms with Crippen molar-refractivity contribution in [2.75, 3.05) is 0 Å². The number of aliphatic hydroxyl groups excluding tert-OH is 4. The van der Waals surface area contributed by atoms with Gasteiger partial charge in [-0.05, 0) is 110 Å². The Bertz CT molecular complexity index is 1750. The number of carbonyl (C=O) groups is 4. The number of allylic oxidation sites excluding steroid dienone is 2. The Morgan fingerprint density at radius 3 is 2.03 bits per heavy atom.